The molecule has 0 amide bonds. The van der Waals surface area contributed by atoms with Crippen LogP contribution in [0.4, 0.5) is 0 Å². The molecule has 1 aromatic carbocycles. The number of nitrogens with two attached hydrogens (primary N) is 1. The second-order valence-electron chi connectivity index (χ2n) is 4.03. The van der Waals surface area contributed by atoms with Crippen LogP contribution in [0.15, 0.2) is 23.2 Å². The number of hydrogen-bond donors (Lipinski definition) is 2. The summed E-state index contributed by atoms with van der Waals surface area (Å²) in [5, 5.41) is 0. The van der Waals surface area contributed by atoms with E-state index in [-0.39, 0.29) is 6.04 Å². The highest BCUT2D eigenvalue weighted by Crippen LogP contribution is 2.11. The maximum atomic E-state index is 5.48. The predicted molar refractivity (Wildman–Crippen MR) is 64.9 cm³/mol. The van der Waals surface area contributed by atoms with Gasteiger partial charge in [0, 0.05) is 11.6 Å². The topological polar surface area (TPSA) is 50.4 Å². The molecule has 0 aromatic heterocycles. The lowest BCUT2D eigenvalue weighted by Crippen LogP contribution is -2.32. The van der Waals surface area contributed by atoms with Gasteiger partial charge in [-0.15, -0.1) is 0 Å². The molecule has 15 heavy (non-hydrogen) atoms. The molecule has 0 bridgehead atoms. The van der Waals surface area contributed by atoms with E-state index in [4.69, 9.17) is 5.84 Å². The first kappa shape index (κ1) is 11.7. The van der Waals surface area contributed by atoms with Gasteiger partial charge in [-0.25, -0.2) is 5.84 Å². The van der Waals surface area contributed by atoms with Crippen LogP contribution in [0.25, 0.3) is 0 Å². The first-order chi connectivity index (χ1) is 7.04. The minimum atomic E-state index is 0.233. The van der Waals surface area contributed by atoms with Crippen LogP contribution in [0, 0.1) is 13.8 Å². The lowest BCUT2D eigenvalue weighted by atomic mass is 10.0. The Morgan fingerprint density at radius 3 is 2.47 bits per heavy atom. The van der Waals surface area contributed by atoms with Crippen molar-refractivity contribution in [1.82, 2.24) is 5.43 Å². The summed E-state index contributed by atoms with van der Waals surface area (Å²) in [5.41, 5.74) is 6.16. The highest BCUT2D eigenvalue weighted by molar-refractivity contribution is 5.99. The molecule has 0 radical (unpaired) electrons. The van der Waals surface area contributed by atoms with Crippen LogP contribution in [0.2, 0.25) is 0 Å². The van der Waals surface area contributed by atoms with Gasteiger partial charge in [0.25, 0.3) is 0 Å². The van der Waals surface area contributed by atoms with Crippen molar-refractivity contribution in [3.8, 4) is 0 Å². The lowest BCUT2D eigenvalue weighted by molar-refractivity contribution is 0.820. The fourth-order valence-corrected chi connectivity index (χ4v) is 1.52. The van der Waals surface area contributed by atoms with Crippen molar-refractivity contribution < 1.29 is 0 Å². The number of rotatable bonds is 2. The van der Waals surface area contributed by atoms with Crippen LogP contribution in [0.1, 0.15) is 30.5 Å². The molecule has 3 nitrogen and oxygen atoms in total. The zero-order chi connectivity index (χ0) is 11.4. The lowest BCUT2D eigenvalue weighted by Gasteiger charge is -2.11. The zero-order valence-corrected chi connectivity index (χ0v) is 9.83. The molecule has 0 saturated heterocycles. The summed E-state index contributed by atoms with van der Waals surface area (Å²) in [6.07, 6.45) is 0. The van der Waals surface area contributed by atoms with Crippen LogP contribution in [-0.4, -0.2) is 11.9 Å². The third-order valence-electron chi connectivity index (χ3n) is 2.16. The molecule has 0 saturated carbocycles. The van der Waals surface area contributed by atoms with Crippen molar-refractivity contribution in [2.75, 3.05) is 0 Å². The number of amidine groups is 1. The fraction of sp³-hybridized carbons (Fsp3) is 0.417. The van der Waals surface area contributed by atoms with E-state index in [1.165, 1.54) is 11.1 Å². The highest BCUT2D eigenvalue weighted by atomic mass is 15.3. The first-order valence-electron chi connectivity index (χ1n) is 5.16. The van der Waals surface area contributed by atoms with Crippen molar-refractivity contribution >= 4 is 5.84 Å². The predicted octanol–water partition coefficient (Wildman–Crippen LogP) is 1.92. The normalized spacial score (nSPS) is 12.0. The molecule has 0 unspecified atom stereocenters. The van der Waals surface area contributed by atoms with Crippen LogP contribution in [-0.2, 0) is 0 Å². The van der Waals surface area contributed by atoms with Crippen molar-refractivity contribution in [2.24, 2.45) is 10.8 Å². The molecule has 3 heteroatoms. The van der Waals surface area contributed by atoms with Gasteiger partial charge >= 0.3 is 0 Å². The van der Waals surface area contributed by atoms with E-state index in [9.17, 15) is 0 Å². The molecule has 0 heterocycles. The standard InChI is InChI=1S/C12H19N3/c1-8(2)14-12(15-13)11-6-5-9(3)7-10(11)4/h5-8H,13H2,1-4H3,(H,14,15). The largest absolute Gasteiger partial charge is 0.308 e. The third-order valence-corrected chi connectivity index (χ3v) is 2.16. The van der Waals surface area contributed by atoms with Crippen molar-refractivity contribution in [3.63, 3.8) is 0 Å². The molecule has 0 aliphatic heterocycles. The molecular weight excluding hydrogens is 186 g/mol. The SMILES string of the molecule is Cc1ccc(C(=NC(C)C)NN)c(C)c1. The smallest absolute Gasteiger partial charge is 0.143 e. The maximum absolute atomic E-state index is 5.48. The molecular formula is C12H19N3. The quantitative estimate of drug-likeness (QED) is 0.335. The summed E-state index contributed by atoms with van der Waals surface area (Å²) >= 11 is 0. The molecule has 3 N–H and O–H groups in total. The summed E-state index contributed by atoms with van der Waals surface area (Å²) < 4.78 is 0. The van der Waals surface area contributed by atoms with Crippen molar-refractivity contribution in [1.29, 1.82) is 0 Å². The monoisotopic (exact) mass is 205 g/mol. The van der Waals surface area contributed by atoms with Crippen LogP contribution in [0.5, 0.6) is 0 Å². The second-order valence-corrected chi connectivity index (χ2v) is 4.03. The van der Waals surface area contributed by atoms with E-state index in [2.05, 4.69) is 36.4 Å². The molecule has 0 aliphatic carbocycles. The van der Waals surface area contributed by atoms with Gasteiger partial charge in [0.2, 0.25) is 0 Å². The van der Waals surface area contributed by atoms with E-state index >= 15 is 0 Å². The summed E-state index contributed by atoms with van der Waals surface area (Å²) in [7, 11) is 0. The molecule has 0 fully saturated rings. The Morgan fingerprint density at radius 2 is 2.00 bits per heavy atom. The number of aryl methyl sites for hydroxylation is 2. The maximum Gasteiger partial charge on any atom is 0.143 e. The van der Waals surface area contributed by atoms with E-state index in [1.807, 2.05) is 19.9 Å². The van der Waals surface area contributed by atoms with E-state index < -0.39 is 0 Å². The Labute approximate surface area is 91.4 Å². The van der Waals surface area contributed by atoms with Gasteiger partial charge in [-0.2, -0.15) is 0 Å². The Kier molecular flexibility index (Phi) is 3.86. The number of benzene rings is 1. The molecule has 82 valence electrons. The summed E-state index contributed by atoms with van der Waals surface area (Å²) in [6, 6.07) is 6.47. The highest BCUT2D eigenvalue weighted by Gasteiger charge is 2.05. The van der Waals surface area contributed by atoms with Gasteiger partial charge in [-0.1, -0.05) is 23.8 Å². The Balaban J connectivity index is 3.13. The molecule has 1 aromatic rings. The Morgan fingerprint density at radius 1 is 1.33 bits per heavy atom. The second kappa shape index (κ2) is 4.94. The zero-order valence-electron chi connectivity index (χ0n) is 9.83. The van der Waals surface area contributed by atoms with E-state index in [0.29, 0.717) is 0 Å². The van der Waals surface area contributed by atoms with Crippen LogP contribution < -0.4 is 11.3 Å². The molecule has 0 spiro atoms. The number of nitrogens with zero attached hydrogens (tertiary/aromatic N) is 1. The number of hydrazine groups is 1. The van der Waals surface area contributed by atoms with Gasteiger partial charge in [-0.05, 0) is 33.3 Å². The minimum Gasteiger partial charge on any atom is -0.308 e. The molecule has 1 rings (SSSR count). The first-order valence-corrected chi connectivity index (χ1v) is 5.16. The average Bonchev–Trinajstić information content (AvgIpc) is 2.14. The third kappa shape index (κ3) is 3.06. The number of hydrogen-bond acceptors (Lipinski definition) is 2. The van der Waals surface area contributed by atoms with Gasteiger partial charge in [0.1, 0.15) is 5.84 Å². The van der Waals surface area contributed by atoms with Gasteiger partial charge < -0.3 is 5.43 Å². The van der Waals surface area contributed by atoms with Gasteiger partial charge in [-0.3, -0.25) is 4.99 Å². The van der Waals surface area contributed by atoms with Gasteiger partial charge in [0.05, 0.1) is 0 Å². The van der Waals surface area contributed by atoms with Crippen LogP contribution in [0.3, 0.4) is 0 Å². The Bertz CT molecular complexity index is 367. The Hall–Kier alpha value is -1.35. The van der Waals surface area contributed by atoms with Crippen LogP contribution >= 0.6 is 0 Å². The molecule has 0 atom stereocenters. The molecule has 0 aliphatic rings. The number of nitrogens with one attached hydrogen (secondary N) is 1. The van der Waals surface area contributed by atoms with E-state index in [0.717, 1.165) is 11.4 Å². The summed E-state index contributed by atoms with van der Waals surface area (Å²) in [5.74, 6) is 6.23. The van der Waals surface area contributed by atoms with Crippen molar-refractivity contribution in [2.45, 2.75) is 33.7 Å². The van der Waals surface area contributed by atoms with Gasteiger partial charge in [0.15, 0.2) is 0 Å². The fourth-order valence-electron chi connectivity index (χ4n) is 1.52. The average molecular weight is 205 g/mol. The van der Waals surface area contributed by atoms with Crippen molar-refractivity contribution in [3.05, 3.63) is 34.9 Å². The van der Waals surface area contributed by atoms with E-state index in [1.54, 1.807) is 0 Å². The number of aliphatic imine (C=N–C) groups is 1. The summed E-state index contributed by atoms with van der Waals surface area (Å²) in [6.45, 7) is 8.20. The minimum absolute atomic E-state index is 0.233. The summed E-state index contributed by atoms with van der Waals surface area (Å²) in [4.78, 5) is 4.44.